The van der Waals surface area contributed by atoms with Crippen molar-refractivity contribution in [1.29, 1.82) is 0 Å². The normalized spacial score (nSPS) is 14.8. The zero-order chi connectivity index (χ0) is 19.4. The van der Waals surface area contributed by atoms with Crippen LogP contribution in [0.4, 0.5) is 4.39 Å². The predicted molar refractivity (Wildman–Crippen MR) is 112 cm³/mol. The van der Waals surface area contributed by atoms with Crippen LogP contribution in [0.15, 0.2) is 24.3 Å². The lowest BCUT2D eigenvalue weighted by atomic mass is 9.96. The fourth-order valence-corrected chi connectivity index (χ4v) is 3.76. The molecule has 1 aromatic carbocycles. The smallest absolute Gasteiger partial charge is 0.227 e. The summed E-state index contributed by atoms with van der Waals surface area (Å²) in [5, 5.41) is 7.97. The monoisotopic (exact) mass is 408 g/mol. The molecule has 0 spiro atoms. The number of benzene rings is 1. The van der Waals surface area contributed by atoms with Crippen LogP contribution in [0.2, 0.25) is 0 Å². The molecule has 154 valence electrons. The first-order valence-electron chi connectivity index (χ1n) is 9.79. The van der Waals surface area contributed by atoms with E-state index in [0.29, 0.717) is 12.3 Å². The van der Waals surface area contributed by atoms with E-state index < -0.39 is 0 Å². The van der Waals surface area contributed by atoms with Crippen molar-refractivity contribution in [3.63, 3.8) is 0 Å². The molecule has 0 atom stereocenters. The summed E-state index contributed by atoms with van der Waals surface area (Å²) < 4.78 is 15.0. The van der Waals surface area contributed by atoms with Crippen molar-refractivity contribution in [2.24, 2.45) is 5.92 Å². The molecule has 28 heavy (non-hydrogen) atoms. The molecule has 0 saturated carbocycles. The Morgan fingerprint density at radius 2 is 1.86 bits per heavy atom. The zero-order valence-corrected chi connectivity index (χ0v) is 17.7. The molecule has 0 aliphatic carbocycles. The van der Waals surface area contributed by atoms with Crippen LogP contribution in [-0.4, -0.2) is 46.8 Å². The fourth-order valence-electron chi connectivity index (χ4n) is 3.76. The van der Waals surface area contributed by atoms with Crippen LogP contribution >= 0.6 is 12.4 Å². The summed E-state index contributed by atoms with van der Waals surface area (Å²) in [7, 11) is 0. The van der Waals surface area contributed by atoms with Gasteiger partial charge in [0.2, 0.25) is 5.91 Å². The van der Waals surface area contributed by atoms with E-state index in [4.69, 9.17) is 0 Å². The Balaban J connectivity index is 0.00000280. The lowest BCUT2D eigenvalue weighted by Crippen LogP contribution is -2.41. The molecule has 0 bridgehead atoms. The lowest BCUT2D eigenvalue weighted by Gasteiger charge is -2.32. The van der Waals surface area contributed by atoms with Gasteiger partial charge in [0.05, 0.1) is 17.8 Å². The Morgan fingerprint density at radius 3 is 2.46 bits per heavy atom. The zero-order valence-electron chi connectivity index (χ0n) is 16.9. The number of rotatable bonds is 6. The summed E-state index contributed by atoms with van der Waals surface area (Å²) in [4.78, 5) is 14.8. The molecular formula is C21H30ClFN4O. The minimum atomic E-state index is -0.270. The average molecular weight is 409 g/mol. The number of nitrogens with one attached hydrogen (secondary N) is 1. The van der Waals surface area contributed by atoms with Crippen LogP contribution in [-0.2, 0) is 11.2 Å². The molecule has 1 saturated heterocycles. The van der Waals surface area contributed by atoms with E-state index >= 15 is 0 Å². The molecule has 1 aliphatic heterocycles. The Labute approximate surface area is 172 Å². The van der Waals surface area contributed by atoms with Crippen LogP contribution in [0, 0.1) is 25.6 Å². The van der Waals surface area contributed by atoms with Crippen molar-refractivity contribution in [1.82, 2.24) is 20.0 Å². The fraction of sp³-hybridized carbons (Fsp3) is 0.524. The van der Waals surface area contributed by atoms with Crippen LogP contribution < -0.4 is 5.32 Å². The molecule has 1 N–H and O–H groups in total. The van der Waals surface area contributed by atoms with Crippen LogP contribution in [0.3, 0.4) is 0 Å². The molecule has 1 amide bonds. The average Bonchev–Trinajstić information content (AvgIpc) is 2.95. The molecule has 5 nitrogen and oxygen atoms in total. The second kappa shape index (κ2) is 10.0. The maximum Gasteiger partial charge on any atom is 0.227 e. The van der Waals surface area contributed by atoms with Crippen LogP contribution in [0.5, 0.6) is 0 Å². The van der Waals surface area contributed by atoms with E-state index in [1.54, 1.807) is 16.8 Å². The Hall–Kier alpha value is -1.92. The van der Waals surface area contributed by atoms with Crippen molar-refractivity contribution in [3.05, 3.63) is 47.0 Å². The number of nitrogens with zero attached hydrogens (tertiary/aromatic N) is 3. The van der Waals surface area contributed by atoms with Crippen LogP contribution in [0.1, 0.15) is 36.7 Å². The molecule has 1 aliphatic rings. The summed E-state index contributed by atoms with van der Waals surface area (Å²) in [5.41, 5.74) is 3.57. The lowest BCUT2D eigenvalue weighted by molar-refractivity contribution is -0.131. The third-order valence-electron chi connectivity index (χ3n) is 5.49. The van der Waals surface area contributed by atoms with E-state index in [-0.39, 0.29) is 24.1 Å². The number of piperidine rings is 1. The van der Waals surface area contributed by atoms with E-state index in [9.17, 15) is 9.18 Å². The van der Waals surface area contributed by atoms with Crippen LogP contribution in [0.25, 0.3) is 5.69 Å². The Morgan fingerprint density at radius 1 is 1.21 bits per heavy atom. The number of halogens is 2. The van der Waals surface area contributed by atoms with Gasteiger partial charge in [0.15, 0.2) is 0 Å². The van der Waals surface area contributed by atoms with E-state index in [2.05, 4.69) is 17.3 Å². The predicted octanol–water partition coefficient (Wildman–Crippen LogP) is 3.44. The van der Waals surface area contributed by atoms with Gasteiger partial charge in [-0.2, -0.15) is 5.10 Å². The minimum absolute atomic E-state index is 0. The molecule has 2 aromatic rings. The van der Waals surface area contributed by atoms with E-state index in [0.717, 1.165) is 61.7 Å². The number of hydrogen-bond acceptors (Lipinski definition) is 3. The number of hydrogen-bond donors (Lipinski definition) is 1. The van der Waals surface area contributed by atoms with Gasteiger partial charge in [-0.15, -0.1) is 12.4 Å². The van der Waals surface area contributed by atoms with Crippen molar-refractivity contribution < 1.29 is 9.18 Å². The first-order chi connectivity index (χ1) is 13.0. The van der Waals surface area contributed by atoms with Gasteiger partial charge in [0.1, 0.15) is 5.82 Å². The summed E-state index contributed by atoms with van der Waals surface area (Å²) in [6.07, 6.45) is 2.49. The maximum absolute atomic E-state index is 13.2. The molecule has 1 aromatic heterocycles. The highest BCUT2D eigenvalue weighted by molar-refractivity contribution is 5.85. The Kier molecular flexibility index (Phi) is 8.01. The molecule has 1 fully saturated rings. The molecule has 0 radical (unpaired) electrons. The minimum Gasteiger partial charge on any atom is -0.342 e. The molecule has 0 unspecified atom stereocenters. The second-order valence-electron chi connectivity index (χ2n) is 7.35. The second-order valence-corrected chi connectivity index (χ2v) is 7.35. The first-order valence-corrected chi connectivity index (χ1v) is 9.79. The summed E-state index contributed by atoms with van der Waals surface area (Å²) >= 11 is 0. The van der Waals surface area contributed by atoms with E-state index in [1.807, 2.05) is 18.7 Å². The molecule has 7 heteroatoms. The highest BCUT2D eigenvalue weighted by Crippen LogP contribution is 2.21. The molecule has 3 rings (SSSR count). The number of aromatic nitrogens is 2. The van der Waals surface area contributed by atoms with Gasteiger partial charge in [0, 0.05) is 24.3 Å². The van der Waals surface area contributed by atoms with Gasteiger partial charge in [-0.05, 0) is 70.0 Å². The van der Waals surface area contributed by atoms with Crippen molar-refractivity contribution in [2.75, 3.05) is 26.2 Å². The van der Waals surface area contributed by atoms with Crippen molar-refractivity contribution in [2.45, 2.75) is 40.0 Å². The van der Waals surface area contributed by atoms with E-state index in [1.165, 1.54) is 12.1 Å². The summed E-state index contributed by atoms with van der Waals surface area (Å²) in [5.74, 6) is 0.564. The summed E-state index contributed by atoms with van der Waals surface area (Å²) in [6, 6.07) is 6.26. The third kappa shape index (κ3) is 5.11. The standard InChI is InChI=1S/C21H29FN4O.ClH/c1-4-23-14-17-9-11-25(12-10-17)21(27)13-20-15(2)24-26(16(20)3)19-7-5-18(22)6-8-19;/h5-8,17,23H,4,9-14H2,1-3H3;1H. The van der Waals surface area contributed by atoms with Gasteiger partial charge in [0.25, 0.3) is 0 Å². The third-order valence-corrected chi connectivity index (χ3v) is 5.49. The topological polar surface area (TPSA) is 50.2 Å². The highest BCUT2D eigenvalue weighted by Gasteiger charge is 2.24. The molecule has 2 heterocycles. The quantitative estimate of drug-likeness (QED) is 0.796. The number of carbonyl (C=O) groups is 1. The number of carbonyl (C=O) groups excluding carboxylic acids is 1. The largest absolute Gasteiger partial charge is 0.342 e. The summed E-state index contributed by atoms with van der Waals surface area (Å²) in [6.45, 7) is 9.72. The highest BCUT2D eigenvalue weighted by atomic mass is 35.5. The molecular weight excluding hydrogens is 379 g/mol. The van der Waals surface area contributed by atoms with Crippen molar-refractivity contribution >= 4 is 18.3 Å². The first kappa shape index (κ1) is 22.4. The van der Waals surface area contributed by atoms with Gasteiger partial charge in [-0.1, -0.05) is 6.92 Å². The van der Waals surface area contributed by atoms with Gasteiger partial charge < -0.3 is 10.2 Å². The SMILES string of the molecule is CCNCC1CCN(C(=O)Cc2c(C)nn(-c3ccc(F)cc3)c2C)CC1.Cl. The maximum atomic E-state index is 13.2. The van der Waals surface area contributed by atoms with Gasteiger partial charge >= 0.3 is 0 Å². The number of amides is 1. The number of aryl methyl sites for hydroxylation is 1. The van der Waals surface area contributed by atoms with Crippen molar-refractivity contribution in [3.8, 4) is 5.69 Å². The van der Waals surface area contributed by atoms with Gasteiger partial charge in [-0.3, -0.25) is 4.79 Å². The Bertz CT molecular complexity index is 782. The number of likely N-dealkylation sites (tertiary alicyclic amines) is 1. The van der Waals surface area contributed by atoms with Gasteiger partial charge in [-0.25, -0.2) is 9.07 Å².